The first-order valence-corrected chi connectivity index (χ1v) is 8.18. The van der Waals surface area contributed by atoms with Crippen LogP contribution < -0.4 is 5.32 Å². The van der Waals surface area contributed by atoms with Gasteiger partial charge in [-0.3, -0.25) is 0 Å². The minimum Gasteiger partial charge on any atom is -0.381 e. The van der Waals surface area contributed by atoms with Crippen molar-refractivity contribution in [3.05, 3.63) is 24.3 Å². The smallest absolute Gasteiger partial charge is 0.0480 e. The highest BCUT2D eigenvalue weighted by Crippen LogP contribution is 2.26. The predicted octanol–water partition coefficient (Wildman–Crippen LogP) is 3.69. The molecule has 0 bridgehead atoms. The van der Waals surface area contributed by atoms with Crippen LogP contribution in [0.3, 0.4) is 0 Å². The molecule has 1 saturated heterocycles. The molecular formula is C15H24N2S. The average Bonchev–Trinajstić information content (AvgIpc) is 2.64. The molecule has 1 atom stereocenters. The number of hydrogen-bond donors (Lipinski definition) is 1. The van der Waals surface area contributed by atoms with Gasteiger partial charge in [0.2, 0.25) is 0 Å². The van der Waals surface area contributed by atoms with Crippen molar-refractivity contribution in [2.45, 2.75) is 37.1 Å². The van der Waals surface area contributed by atoms with E-state index in [9.17, 15) is 0 Å². The highest BCUT2D eigenvalue weighted by Gasteiger charge is 2.16. The zero-order valence-corrected chi connectivity index (χ0v) is 12.3. The highest BCUT2D eigenvalue weighted by atomic mass is 32.2. The van der Waals surface area contributed by atoms with Crippen LogP contribution in [-0.2, 0) is 0 Å². The molecule has 0 aliphatic carbocycles. The fourth-order valence-electron chi connectivity index (χ4n) is 2.60. The van der Waals surface area contributed by atoms with Crippen molar-refractivity contribution in [2.75, 3.05) is 31.2 Å². The van der Waals surface area contributed by atoms with Crippen molar-refractivity contribution in [1.29, 1.82) is 0 Å². The third-order valence-corrected chi connectivity index (χ3v) is 4.53. The Bertz CT molecular complexity index is 367. The molecule has 2 rings (SSSR count). The molecule has 0 aromatic heterocycles. The topological polar surface area (TPSA) is 15.3 Å². The van der Waals surface area contributed by atoms with E-state index in [1.165, 1.54) is 49.5 Å². The number of para-hydroxylation sites is 1. The summed E-state index contributed by atoms with van der Waals surface area (Å²) in [7, 11) is 0. The Kier molecular flexibility index (Phi) is 5.39. The quantitative estimate of drug-likeness (QED) is 0.835. The minimum atomic E-state index is 0.634. The Morgan fingerprint density at radius 3 is 2.89 bits per heavy atom. The van der Waals surface area contributed by atoms with Crippen LogP contribution in [0.5, 0.6) is 0 Å². The highest BCUT2D eigenvalue weighted by molar-refractivity contribution is 7.98. The van der Waals surface area contributed by atoms with Crippen LogP contribution >= 0.6 is 11.8 Å². The average molecular weight is 264 g/mol. The van der Waals surface area contributed by atoms with Crippen molar-refractivity contribution < 1.29 is 0 Å². The maximum atomic E-state index is 3.74. The summed E-state index contributed by atoms with van der Waals surface area (Å²) in [6, 6.07) is 9.27. The van der Waals surface area contributed by atoms with Crippen molar-refractivity contribution in [1.82, 2.24) is 4.90 Å². The van der Waals surface area contributed by atoms with E-state index < -0.39 is 0 Å². The normalized spacial score (nSPS) is 21.6. The summed E-state index contributed by atoms with van der Waals surface area (Å²) in [5.41, 5.74) is 1.31. The minimum absolute atomic E-state index is 0.634. The van der Waals surface area contributed by atoms with Gasteiger partial charge in [0.15, 0.2) is 0 Å². The monoisotopic (exact) mass is 264 g/mol. The van der Waals surface area contributed by atoms with Gasteiger partial charge in [-0.15, -0.1) is 11.8 Å². The lowest BCUT2D eigenvalue weighted by atomic mass is 10.1. The van der Waals surface area contributed by atoms with Crippen molar-refractivity contribution in [3.63, 3.8) is 0 Å². The van der Waals surface area contributed by atoms with Gasteiger partial charge in [0.05, 0.1) is 0 Å². The fourth-order valence-corrected chi connectivity index (χ4v) is 3.16. The number of rotatable bonds is 4. The molecule has 100 valence electrons. The van der Waals surface area contributed by atoms with Crippen LogP contribution in [0.2, 0.25) is 0 Å². The molecule has 2 nitrogen and oxygen atoms in total. The second-order valence-electron chi connectivity index (χ2n) is 4.91. The van der Waals surface area contributed by atoms with Gasteiger partial charge in [0.1, 0.15) is 0 Å². The van der Waals surface area contributed by atoms with E-state index in [-0.39, 0.29) is 0 Å². The molecule has 0 radical (unpaired) electrons. The third-order valence-electron chi connectivity index (χ3n) is 3.73. The second kappa shape index (κ2) is 7.05. The maximum absolute atomic E-state index is 3.74. The first-order chi connectivity index (χ1) is 8.83. The number of nitrogens with zero attached hydrogens (tertiary/aromatic N) is 1. The molecule has 1 unspecified atom stereocenters. The van der Waals surface area contributed by atoms with Gasteiger partial charge in [-0.2, -0.15) is 0 Å². The molecule has 18 heavy (non-hydrogen) atoms. The summed E-state index contributed by atoms with van der Waals surface area (Å²) < 4.78 is 0. The van der Waals surface area contributed by atoms with Gasteiger partial charge in [0.25, 0.3) is 0 Å². The van der Waals surface area contributed by atoms with Crippen molar-refractivity contribution in [2.24, 2.45) is 0 Å². The molecule has 1 aliphatic rings. The molecule has 0 amide bonds. The summed E-state index contributed by atoms with van der Waals surface area (Å²) in [5, 5.41) is 3.74. The Morgan fingerprint density at radius 1 is 1.28 bits per heavy atom. The molecule has 1 fully saturated rings. The maximum Gasteiger partial charge on any atom is 0.0480 e. The molecule has 0 saturated carbocycles. The van der Waals surface area contributed by atoms with Gasteiger partial charge in [0, 0.05) is 23.2 Å². The van der Waals surface area contributed by atoms with E-state index in [4.69, 9.17) is 0 Å². The fraction of sp³-hybridized carbons (Fsp3) is 0.600. The van der Waals surface area contributed by atoms with Crippen LogP contribution in [0.1, 0.15) is 26.2 Å². The lowest BCUT2D eigenvalue weighted by Gasteiger charge is -2.20. The van der Waals surface area contributed by atoms with Crippen LogP contribution in [0, 0.1) is 0 Å². The summed E-state index contributed by atoms with van der Waals surface area (Å²) in [6.07, 6.45) is 6.01. The number of thioether (sulfide) groups is 1. The van der Waals surface area contributed by atoms with Gasteiger partial charge >= 0.3 is 0 Å². The Labute approximate surface area is 115 Å². The van der Waals surface area contributed by atoms with Gasteiger partial charge in [-0.25, -0.2) is 0 Å². The van der Waals surface area contributed by atoms with E-state index in [0.29, 0.717) is 6.04 Å². The number of benzene rings is 1. The van der Waals surface area contributed by atoms with Crippen molar-refractivity contribution in [3.8, 4) is 0 Å². The number of likely N-dealkylation sites (tertiary alicyclic amines) is 1. The second-order valence-corrected chi connectivity index (χ2v) is 5.75. The molecular weight excluding hydrogens is 240 g/mol. The molecule has 1 aliphatic heterocycles. The number of hydrogen-bond acceptors (Lipinski definition) is 3. The van der Waals surface area contributed by atoms with E-state index in [2.05, 4.69) is 47.7 Å². The predicted molar refractivity (Wildman–Crippen MR) is 81.6 cm³/mol. The summed E-state index contributed by atoms with van der Waals surface area (Å²) >= 11 is 1.82. The zero-order chi connectivity index (χ0) is 12.8. The summed E-state index contributed by atoms with van der Waals surface area (Å²) in [5.74, 6) is 0. The lowest BCUT2D eigenvalue weighted by Crippen LogP contribution is -2.26. The zero-order valence-electron chi connectivity index (χ0n) is 11.5. The SMILES string of the molecule is CCN1CCCC(Nc2ccccc2SC)CC1. The molecule has 1 aromatic carbocycles. The number of nitrogens with one attached hydrogen (secondary N) is 1. The van der Waals surface area contributed by atoms with E-state index >= 15 is 0 Å². The molecule has 3 heteroatoms. The van der Waals surface area contributed by atoms with E-state index in [0.717, 1.165) is 0 Å². The first-order valence-electron chi connectivity index (χ1n) is 6.95. The first kappa shape index (κ1) is 13.8. The number of anilines is 1. The Morgan fingerprint density at radius 2 is 2.11 bits per heavy atom. The molecule has 1 aromatic rings. The van der Waals surface area contributed by atoms with Crippen LogP contribution in [0.15, 0.2) is 29.2 Å². The Hall–Kier alpha value is -0.670. The van der Waals surface area contributed by atoms with Crippen LogP contribution in [-0.4, -0.2) is 36.8 Å². The summed E-state index contributed by atoms with van der Waals surface area (Å²) in [6.45, 7) is 5.94. The van der Waals surface area contributed by atoms with E-state index in [1.54, 1.807) is 0 Å². The van der Waals surface area contributed by atoms with E-state index in [1.807, 2.05) is 11.8 Å². The molecule has 1 heterocycles. The Balaban J connectivity index is 1.96. The van der Waals surface area contributed by atoms with Crippen molar-refractivity contribution >= 4 is 17.4 Å². The van der Waals surface area contributed by atoms with Crippen LogP contribution in [0.25, 0.3) is 0 Å². The largest absolute Gasteiger partial charge is 0.381 e. The van der Waals surface area contributed by atoms with Gasteiger partial charge in [-0.05, 0) is 50.7 Å². The van der Waals surface area contributed by atoms with Gasteiger partial charge < -0.3 is 10.2 Å². The van der Waals surface area contributed by atoms with Crippen LogP contribution in [0.4, 0.5) is 5.69 Å². The lowest BCUT2D eigenvalue weighted by molar-refractivity contribution is 0.300. The molecule has 1 N–H and O–H groups in total. The standard InChI is InChI=1S/C15H24N2S/c1-3-17-11-6-7-13(10-12-17)16-14-8-4-5-9-15(14)18-2/h4-5,8-9,13,16H,3,6-7,10-12H2,1-2H3. The third kappa shape index (κ3) is 3.66. The summed E-state index contributed by atoms with van der Waals surface area (Å²) in [4.78, 5) is 3.91. The molecule has 0 spiro atoms. The van der Waals surface area contributed by atoms with Gasteiger partial charge in [-0.1, -0.05) is 19.1 Å².